The lowest BCUT2D eigenvalue weighted by molar-refractivity contribution is -0.117. The minimum Gasteiger partial charge on any atom is -0.503 e. The van der Waals surface area contributed by atoms with Crippen LogP contribution in [0.5, 0.6) is 0 Å². The average Bonchev–Trinajstić information content (AvgIpc) is 2.95. The Morgan fingerprint density at radius 2 is 1.61 bits per heavy atom. The third-order valence-electron chi connectivity index (χ3n) is 4.88. The first-order valence-corrected chi connectivity index (χ1v) is 9.19. The molecule has 0 radical (unpaired) electrons. The first-order chi connectivity index (χ1) is 13.5. The van der Waals surface area contributed by atoms with Gasteiger partial charge in [0.1, 0.15) is 5.82 Å². The van der Waals surface area contributed by atoms with Crippen LogP contribution in [-0.2, 0) is 4.79 Å². The van der Waals surface area contributed by atoms with Gasteiger partial charge in [-0.3, -0.25) is 9.69 Å². The van der Waals surface area contributed by atoms with Crippen molar-refractivity contribution >= 4 is 28.8 Å². The van der Waals surface area contributed by atoms with Gasteiger partial charge in [0.15, 0.2) is 5.76 Å². The molecule has 3 nitrogen and oxygen atoms in total. The molecule has 1 atom stereocenters. The van der Waals surface area contributed by atoms with Gasteiger partial charge < -0.3 is 5.11 Å². The zero-order valence-electron chi connectivity index (χ0n) is 15.1. The van der Waals surface area contributed by atoms with Gasteiger partial charge in [0.2, 0.25) is 0 Å². The second kappa shape index (κ2) is 7.13. The summed E-state index contributed by atoms with van der Waals surface area (Å²) in [6.07, 6.45) is 0. The van der Waals surface area contributed by atoms with Crippen molar-refractivity contribution in [3.63, 3.8) is 0 Å². The number of nitrogens with zero attached hydrogens (tertiary/aromatic N) is 1. The average molecular weight is 394 g/mol. The molecule has 0 aliphatic carbocycles. The minimum atomic E-state index is -0.794. The number of aliphatic hydroxyl groups excluding tert-OH is 1. The van der Waals surface area contributed by atoms with Gasteiger partial charge in [-0.2, -0.15) is 0 Å². The maximum Gasteiger partial charge on any atom is 0.294 e. The molecule has 1 N–H and O–H groups in total. The van der Waals surface area contributed by atoms with E-state index in [0.29, 0.717) is 27.4 Å². The predicted molar refractivity (Wildman–Crippen MR) is 109 cm³/mol. The van der Waals surface area contributed by atoms with E-state index in [-0.39, 0.29) is 5.76 Å². The molecule has 140 valence electrons. The highest BCUT2D eigenvalue weighted by Gasteiger charge is 2.42. The normalized spacial score (nSPS) is 16.8. The molecule has 3 aromatic carbocycles. The van der Waals surface area contributed by atoms with E-state index in [9.17, 15) is 14.3 Å². The molecule has 0 spiro atoms. The third-order valence-corrected chi connectivity index (χ3v) is 5.13. The standard InChI is InChI=1S/C23H17ClFNO2/c1-14-6-8-15(9-7-14)20-21(18-4-2-3-5-19(18)25)26(23(28)22(20)27)17-12-10-16(24)11-13-17/h2-13,21,27H,1H3. The Kier molecular flexibility index (Phi) is 4.65. The molecular weight excluding hydrogens is 377 g/mol. The van der Waals surface area contributed by atoms with E-state index in [0.717, 1.165) is 5.56 Å². The fourth-order valence-corrected chi connectivity index (χ4v) is 3.62. The Morgan fingerprint density at radius 1 is 0.964 bits per heavy atom. The van der Waals surface area contributed by atoms with E-state index >= 15 is 0 Å². The van der Waals surface area contributed by atoms with Crippen molar-refractivity contribution in [1.82, 2.24) is 0 Å². The third kappa shape index (κ3) is 3.06. The summed E-state index contributed by atoms with van der Waals surface area (Å²) in [6, 6.07) is 19.6. The Hall–Kier alpha value is -3.11. The number of rotatable bonds is 3. The molecule has 0 fully saturated rings. The predicted octanol–water partition coefficient (Wildman–Crippen LogP) is 5.84. The molecule has 0 saturated heterocycles. The van der Waals surface area contributed by atoms with E-state index in [2.05, 4.69) is 0 Å². The maximum absolute atomic E-state index is 14.7. The van der Waals surface area contributed by atoms with E-state index in [1.54, 1.807) is 42.5 Å². The van der Waals surface area contributed by atoms with Crippen molar-refractivity contribution in [2.45, 2.75) is 13.0 Å². The van der Waals surface area contributed by atoms with Crippen LogP contribution in [0.4, 0.5) is 10.1 Å². The summed E-state index contributed by atoms with van der Waals surface area (Å²) in [6.45, 7) is 1.95. The summed E-state index contributed by atoms with van der Waals surface area (Å²) in [7, 11) is 0. The molecule has 1 aliphatic rings. The van der Waals surface area contributed by atoms with Gasteiger partial charge in [-0.05, 0) is 42.8 Å². The molecule has 0 saturated carbocycles. The van der Waals surface area contributed by atoms with Gasteiger partial charge in [-0.15, -0.1) is 0 Å². The lowest BCUT2D eigenvalue weighted by atomic mass is 9.92. The summed E-state index contributed by atoms with van der Waals surface area (Å²) >= 11 is 5.98. The number of halogens is 2. The minimum absolute atomic E-state index is 0.311. The van der Waals surface area contributed by atoms with Crippen molar-refractivity contribution in [1.29, 1.82) is 0 Å². The summed E-state index contributed by atoms with van der Waals surface area (Å²) < 4.78 is 14.7. The van der Waals surface area contributed by atoms with Gasteiger partial charge in [0.25, 0.3) is 5.91 Å². The van der Waals surface area contributed by atoms with Crippen LogP contribution in [0.3, 0.4) is 0 Å². The maximum atomic E-state index is 14.7. The highest BCUT2D eigenvalue weighted by molar-refractivity contribution is 6.30. The number of aryl methyl sites for hydroxylation is 1. The van der Waals surface area contributed by atoms with E-state index in [1.165, 1.54) is 11.0 Å². The number of aliphatic hydroxyl groups is 1. The Balaban J connectivity index is 1.93. The van der Waals surface area contributed by atoms with Gasteiger partial charge in [0.05, 0.1) is 6.04 Å². The highest BCUT2D eigenvalue weighted by atomic mass is 35.5. The quantitative estimate of drug-likeness (QED) is 0.606. The molecule has 4 rings (SSSR count). The number of carbonyl (C=O) groups excluding carboxylic acids is 1. The molecule has 3 aromatic rings. The largest absolute Gasteiger partial charge is 0.503 e. The van der Waals surface area contributed by atoms with E-state index < -0.39 is 17.8 Å². The Bertz CT molecular complexity index is 1070. The molecule has 1 unspecified atom stereocenters. The molecule has 0 bridgehead atoms. The first-order valence-electron chi connectivity index (χ1n) is 8.81. The van der Waals surface area contributed by atoms with Gasteiger partial charge in [-0.1, -0.05) is 59.6 Å². The molecule has 1 heterocycles. The Morgan fingerprint density at radius 3 is 2.25 bits per heavy atom. The number of hydrogen-bond acceptors (Lipinski definition) is 2. The molecule has 0 aromatic heterocycles. The molecular formula is C23H17ClFNO2. The van der Waals surface area contributed by atoms with Crippen molar-refractivity contribution < 1.29 is 14.3 Å². The lowest BCUT2D eigenvalue weighted by Crippen LogP contribution is -2.30. The van der Waals surface area contributed by atoms with Crippen LogP contribution in [0.25, 0.3) is 5.57 Å². The van der Waals surface area contributed by atoms with Crippen molar-refractivity contribution in [2.24, 2.45) is 0 Å². The molecule has 1 amide bonds. The van der Waals surface area contributed by atoms with Crippen LogP contribution in [0.15, 0.2) is 78.6 Å². The fourth-order valence-electron chi connectivity index (χ4n) is 3.49. The zero-order valence-corrected chi connectivity index (χ0v) is 15.8. The highest BCUT2D eigenvalue weighted by Crippen LogP contribution is 2.46. The topological polar surface area (TPSA) is 40.5 Å². The van der Waals surface area contributed by atoms with Gasteiger partial charge in [0, 0.05) is 21.8 Å². The zero-order chi connectivity index (χ0) is 19.8. The van der Waals surface area contributed by atoms with Crippen molar-refractivity contribution in [2.75, 3.05) is 4.90 Å². The van der Waals surface area contributed by atoms with Crippen LogP contribution < -0.4 is 4.90 Å². The number of benzene rings is 3. The SMILES string of the molecule is Cc1ccc(C2=C(O)C(=O)N(c3ccc(Cl)cc3)C2c2ccccc2F)cc1. The summed E-state index contributed by atoms with van der Waals surface area (Å²) in [4.78, 5) is 14.4. The number of carbonyl (C=O) groups is 1. The van der Waals surface area contributed by atoms with E-state index in [1.807, 2.05) is 31.2 Å². The summed E-state index contributed by atoms with van der Waals surface area (Å²) in [5.74, 6) is -1.41. The smallest absolute Gasteiger partial charge is 0.294 e. The van der Waals surface area contributed by atoms with Crippen LogP contribution in [0.1, 0.15) is 22.7 Å². The second-order valence-corrected chi connectivity index (χ2v) is 7.14. The number of amides is 1. The molecule has 1 aliphatic heterocycles. The fraction of sp³-hybridized carbons (Fsp3) is 0.0870. The van der Waals surface area contributed by atoms with Crippen LogP contribution in [0, 0.1) is 12.7 Å². The summed E-state index contributed by atoms with van der Waals surface area (Å²) in [5.41, 5.74) is 2.93. The number of anilines is 1. The Labute approximate surface area is 167 Å². The van der Waals surface area contributed by atoms with Crippen LogP contribution in [0.2, 0.25) is 5.02 Å². The van der Waals surface area contributed by atoms with Gasteiger partial charge in [-0.25, -0.2) is 4.39 Å². The van der Waals surface area contributed by atoms with Crippen molar-refractivity contribution in [3.8, 4) is 0 Å². The summed E-state index contributed by atoms with van der Waals surface area (Å²) in [5, 5.41) is 11.3. The van der Waals surface area contributed by atoms with Gasteiger partial charge >= 0.3 is 0 Å². The first kappa shape index (κ1) is 18.3. The second-order valence-electron chi connectivity index (χ2n) is 6.70. The molecule has 28 heavy (non-hydrogen) atoms. The number of hydrogen-bond donors (Lipinski definition) is 1. The van der Waals surface area contributed by atoms with Crippen molar-refractivity contribution in [3.05, 3.63) is 106 Å². The lowest BCUT2D eigenvalue weighted by Gasteiger charge is -2.27. The van der Waals surface area contributed by atoms with Crippen LogP contribution >= 0.6 is 11.6 Å². The van der Waals surface area contributed by atoms with Crippen LogP contribution in [-0.4, -0.2) is 11.0 Å². The van der Waals surface area contributed by atoms with E-state index in [4.69, 9.17) is 11.6 Å². The molecule has 5 heteroatoms. The monoisotopic (exact) mass is 393 g/mol.